The van der Waals surface area contributed by atoms with Crippen molar-refractivity contribution in [3.8, 4) is 0 Å². The monoisotopic (exact) mass is 195 g/mol. The molecule has 0 aliphatic heterocycles. The fourth-order valence-electron chi connectivity index (χ4n) is 2.10. The molecule has 0 fully saturated rings. The molecule has 0 radical (unpaired) electrons. The lowest BCUT2D eigenvalue weighted by Crippen LogP contribution is -2.23. The van der Waals surface area contributed by atoms with Crippen molar-refractivity contribution in [3.05, 3.63) is 46.1 Å². The van der Waals surface area contributed by atoms with E-state index >= 15 is 0 Å². The molecule has 3 rings (SSSR count). The fourth-order valence-corrected chi connectivity index (χ4v) is 2.10. The Balaban J connectivity index is 2.40. The van der Waals surface area contributed by atoms with Gasteiger partial charge in [0.1, 0.15) is 0 Å². The zero-order chi connectivity index (χ0) is 10.1. The van der Waals surface area contributed by atoms with E-state index in [1.54, 1.807) is 0 Å². The Hall–Kier alpha value is -1.76. The van der Waals surface area contributed by atoms with E-state index in [1.165, 1.54) is 21.8 Å². The molecule has 15 heavy (non-hydrogen) atoms. The lowest BCUT2D eigenvalue weighted by molar-refractivity contribution is 1.27. The normalized spacial score (nSPS) is 17.1. The molecule has 0 saturated heterocycles. The van der Waals surface area contributed by atoms with Crippen LogP contribution in [0.3, 0.4) is 0 Å². The zero-order valence-corrected chi connectivity index (χ0v) is 8.53. The van der Waals surface area contributed by atoms with E-state index < -0.39 is 0 Å². The van der Waals surface area contributed by atoms with E-state index in [0.29, 0.717) is 0 Å². The molecule has 0 atom stereocenters. The van der Waals surface area contributed by atoms with Crippen molar-refractivity contribution in [2.75, 3.05) is 0 Å². The summed E-state index contributed by atoms with van der Waals surface area (Å²) in [5.74, 6) is 0. The van der Waals surface area contributed by atoms with Crippen molar-refractivity contribution in [1.29, 1.82) is 0 Å². The first kappa shape index (κ1) is 8.54. The molecule has 1 heteroatoms. The van der Waals surface area contributed by atoms with Crippen LogP contribution in [0.25, 0.3) is 24.3 Å². The fraction of sp³-hybridized carbons (Fsp3) is 0.143. The van der Waals surface area contributed by atoms with Crippen molar-refractivity contribution in [2.45, 2.75) is 12.8 Å². The summed E-state index contributed by atoms with van der Waals surface area (Å²) in [6.45, 7) is 0. The highest BCUT2D eigenvalue weighted by molar-refractivity contribution is 5.68. The Bertz CT molecular complexity index is 580. The molecule has 1 N–H and O–H groups in total. The average molecular weight is 195 g/mol. The summed E-state index contributed by atoms with van der Waals surface area (Å²) in [5, 5.41) is 2.57. The molecule has 0 unspecified atom stereocenters. The maximum absolute atomic E-state index is 3.47. The molecule has 1 heterocycles. The highest BCUT2D eigenvalue weighted by Gasteiger charge is 2.05. The molecule has 0 saturated carbocycles. The van der Waals surface area contributed by atoms with Crippen molar-refractivity contribution < 1.29 is 0 Å². The second-order valence-corrected chi connectivity index (χ2v) is 3.85. The molecule has 2 aliphatic carbocycles. The minimum absolute atomic E-state index is 1.01. The quantitative estimate of drug-likeness (QED) is 0.651. The van der Waals surface area contributed by atoms with Crippen LogP contribution in [0.4, 0.5) is 0 Å². The SMILES string of the molecule is C1=CCC=c2[nH]c3c(c2=C1)C=CCC=C3. The smallest absolute Gasteiger partial charge is 0.0461 e. The van der Waals surface area contributed by atoms with Gasteiger partial charge in [0.15, 0.2) is 0 Å². The van der Waals surface area contributed by atoms with Gasteiger partial charge in [-0.2, -0.15) is 0 Å². The lowest BCUT2D eigenvalue weighted by Gasteiger charge is -1.88. The van der Waals surface area contributed by atoms with E-state index in [9.17, 15) is 0 Å². The van der Waals surface area contributed by atoms with Gasteiger partial charge in [0.2, 0.25) is 0 Å². The molecule has 0 amide bonds. The van der Waals surface area contributed by atoms with E-state index in [2.05, 4.69) is 53.6 Å². The number of aromatic amines is 1. The summed E-state index contributed by atoms with van der Waals surface area (Å²) < 4.78 is 0. The van der Waals surface area contributed by atoms with Gasteiger partial charge in [0, 0.05) is 21.8 Å². The van der Waals surface area contributed by atoms with Crippen LogP contribution in [0.5, 0.6) is 0 Å². The molecule has 0 aromatic carbocycles. The van der Waals surface area contributed by atoms with Crippen molar-refractivity contribution in [3.63, 3.8) is 0 Å². The van der Waals surface area contributed by atoms with Gasteiger partial charge < -0.3 is 4.98 Å². The molecule has 1 nitrogen and oxygen atoms in total. The highest BCUT2D eigenvalue weighted by atomic mass is 14.7. The second kappa shape index (κ2) is 3.43. The third-order valence-electron chi connectivity index (χ3n) is 2.84. The van der Waals surface area contributed by atoms with Gasteiger partial charge in [-0.15, -0.1) is 0 Å². The minimum Gasteiger partial charge on any atom is -0.355 e. The first-order valence-corrected chi connectivity index (χ1v) is 5.37. The van der Waals surface area contributed by atoms with Gasteiger partial charge in [-0.3, -0.25) is 0 Å². The van der Waals surface area contributed by atoms with Crippen LogP contribution in [0.1, 0.15) is 24.1 Å². The van der Waals surface area contributed by atoms with Gasteiger partial charge in [0.05, 0.1) is 0 Å². The van der Waals surface area contributed by atoms with Gasteiger partial charge in [-0.25, -0.2) is 0 Å². The number of hydrogen-bond acceptors (Lipinski definition) is 0. The standard InChI is InChI=1S/C14H13N/c1-3-7-11-12-8-4-2-6-10-14(12)15-13(11)9-5-1/h1,3-4,6-10,15H,2,5H2. The van der Waals surface area contributed by atoms with Crippen molar-refractivity contribution >= 4 is 24.3 Å². The number of rotatable bonds is 0. The molecular weight excluding hydrogens is 182 g/mol. The summed E-state index contributed by atoms with van der Waals surface area (Å²) >= 11 is 0. The molecular formula is C14H13N. The number of fused-ring (bicyclic) bond motifs is 3. The maximum Gasteiger partial charge on any atom is 0.0461 e. The predicted octanol–water partition coefficient (Wildman–Crippen LogP) is 1.97. The first-order valence-electron chi connectivity index (χ1n) is 5.37. The van der Waals surface area contributed by atoms with Gasteiger partial charge in [-0.1, -0.05) is 42.5 Å². The summed E-state index contributed by atoms with van der Waals surface area (Å²) in [4.78, 5) is 3.47. The van der Waals surface area contributed by atoms with Crippen LogP contribution in [0.15, 0.2) is 24.3 Å². The van der Waals surface area contributed by atoms with Crippen LogP contribution in [0, 0.1) is 0 Å². The van der Waals surface area contributed by atoms with Crippen LogP contribution in [0.2, 0.25) is 0 Å². The van der Waals surface area contributed by atoms with E-state index in [1.807, 2.05) is 0 Å². The third kappa shape index (κ3) is 1.40. The molecule has 74 valence electrons. The average Bonchev–Trinajstić information content (AvgIpc) is 2.51. The lowest BCUT2D eigenvalue weighted by atomic mass is 10.2. The Morgan fingerprint density at radius 3 is 2.93 bits per heavy atom. The Labute approximate surface area is 88.8 Å². The maximum atomic E-state index is 3.47. The molecule has 0 spiro atoms. The van der Waals surface area contributed by atoms with Crippen LogP contribution >= 0.6 is 0 Å². The number of H-pyrrole nitrogens is 1. The van der Waals surface area contributed by atoms with E-state index in [0.717, 1.165) is 12.8 Å². The number of hydrogen-bond donors (Lipinski definition) is 1. The molecule has 0 bridgehead atoms. The van der Waals surface area contributed by atoms with Crippen LogP contribution in [-0.4, -0.2) is 4.98 Å². The Morgan fingerprint density at radius 2 is 1.93 bits per heavy atom. The largest absolute Gasteiger partial charge is 0.355 e. The summed E-state index contributed by atoms with van der Waals surface area (Å²) in [6, 6.07) is 0. The zero-order valence-electron chi connectivity index (χ0n) is 8.53. The van der Waals surface area contributed by atoms with Crippen LogP contribution < -0.4 is 10.6 Å². The van der Waals surface area contributed by atoms with Gasteiger partial charge in [0.25, 0.3) is 0 Å². The van der Waals surface area contributed by atoms with Gasteiger partial charge in [-0.05, 0) is 18.9 Å². The summed E-state index contributed by atoms with van der Waals surface area (Å²) in [7, 11) is 0. The molecule has 1 aromatic heterocycles. The third-order valence-corrected chi connectivity index (χ3v) is 2.84. The van der Waals surface area contributed by atoms with Crippen LogP contribution in [-0.2, 0) is 0 Å². The topological polar surface area (TPSA) is 15.8 Å². The van der Waals surface area contributed by atoms with E-state index in [4.69, 9.17) is 0 Å². The molecule has 1 aromatic rings. The molecule has 2 aliphatic rings. The summed E-state index contributed by atoms with van der Waals surface area (Å²) in [5.41, 5.74) is 2.55. The predicted molar refractivity (Wildman–Crippen MR) is 65.4 cm³/mol. The van der Waals surface area contributed by atoms with Crippen molar-refractivity contribution in [2.24, 2.45) is 0 Å². The second-order valence-electron chi connectivity index (χ2n) is 3.85. The van der Waals surface area contributed by atoms with E-state index in [-0.39, 0.29) is 0 Å². The number of aromatic nitrogens is 1. The number of nitrogens with one attached hydrogen (secondary N) is 1. The van der Waals surface area contributed by atoms with Gasteiger partial charge >= 0.3 is 0 Å². The minimum atomic E-state index is 1.01. The Kier molecular flexibility index (Phi) is 1.95. The highest BCUT2D eigenvalue weighted by Crippen LogP contribution is 2.10. The number of allylic oxidation sites excluding steroid dienone is 4. The summed E-state index contributed by atoms with van der Waals surface area (Å²) in [6.07, 6.45) is 19.6. The van der Waals surface area contributed by atoms with Crippen molar-refractivity contribution in [1.82, 2.24) is 4.98 Å². The first-order chi connectivity index (χ1) is 7.45. The Morgan fingerprint density at radius 1 is 1.00 bits per heavy atom.